The van der Waals surface area contributed by atoms with E-state index in [9.17, 15) is 4.79 Å². The number of thioether (sulfide) groups is 2. The number of fused-ring (bicyclic) bond motifs is 1. The summed E-state index contributed by atoms with van der Waals surface area (Å²) in [6.07, 6.45) is 0. The fraction of sp³-hybridized carbons (Fsp3) is 0.368. The number of carbonyl (C=O) groups excluding carboxylic acids is 1. The Morgan fingerprint density at radius 2 is 1.89 bits per heavy atom. The number of benzene rings is 1. The van der Waals surface area contributed by atoms with Gasteiger partial charge in [0.25, 0.3) is 0 Å². The Bertz CT molecular complexity index is 957. The molecule has 1 aromatic carbocycles. The summed E-state index contributed by atoms with van der Waals surface area (Å²) in [5.74, 6) is 1.82. The van der Waals surface area contributed by atoms with Gasteiger partial charge in [0.05, 0.1) is 23.9 Å². The van der Waals surface area contributed by atoms with E-state index in [-0.39, 0.29) is 5.97 Å². The fourth-order valence-corrected chi connectivity index (χ4v) is 5.54. The van der Waals surface area contributed by atoms with Crippen molar-refractivity contribution in [2.45, 2.75) is 35.2 Å². The third kappa shape index (κ3) is 4.80. The minimum atomic E-state index is -0.355. The van der Waals surface area contributed by atoms with Gasteiger partial charge < -0.3 is 4.74 Å². The number of aryl methyl sites for hydroxylation is 1. The molecule has 0 aliphatic rings. The van der Waals surface area contributed by atoms with Crippen molar-refractivity contribution < 1.29 is 9.53 Å². The van der Waals surface area contributed by atoms with Crippen molar-refractivity contribution in [1.29, 1.82) is 0 Å². The second-order valence-corrected chi connectivity index (χ2v) is 9.86. The summed E-state index contributed by atoms with van der Waals surface area (Å²) in [5.41, 5.74) is 3.04. The second kappa shape index (κ2) is 9.03. The first-order valence-corrected chi connectivity index (χ1v) is 11.3. The first-order chi connectivity index (χ1) is 13.0. The lowest BCUT2D eigenvalue weighted by molar-refractivity contribution is 0.0598. The molecular weight excluding hydrogens is 398 g/mol. The molecule has 0 aliphatic heterocycles. The monoisotopic (exact) mass is 419 g/mol. The minimum absolute atomic E-state index is 0.355. The Balaban J connectivity index is 1.84. The molecule has 0 atom stereocenters. The molecule has 0 radical (unpaired) electrons. The standard InChI is InChI=1S/C19H21N3O2S3/c1-11(2)9-25-18-21-22-19(27-18)26-10-15-16(17(23)24-4)12(3)13-7-5-6-8-14(13)20-15/h5-8,11H,9-10H2,1-4H3. The van der Waals surface area contributed by atoms with Crippen LogP contribution in [-0.4, -0.2) is 34.0 Å². The first-order valence-electron chi connectivity index (χ1n) is 8.55. The molecule has 0 bridgehead atoms. The molecule has 0 saturated heterocycles. The van der Waals surface area contributed by atoms with E-state index in [2.05, 4.69) is 24.0 Å². The van der Waals surface area contributed by atoms with Gasteiger partial charge in [-0.05, 0) is 24.5 Å². The van der Waals surface area contributed by atoms with Crippen LogP contribution >= 0.6 is 34.9 Å². The van der Waals surface area contributed by atoms with Gasteiger partial charge in [0.2, 0.25) is 0 Å². The summed E-state index contributed by atoms with van der Waals surface area (Å²) >= 11 is 4.86. The maximum Gasteiger partial charge on any atom is 0.340 e. The van der Waals surface area contributed by atoms with Gasteiger partial charge in [0.1, 0.15) is 0 Å². The number of rotatable bonds is 7. The van der Waals surface area contributed by atoms with Gasteiger partial charge in [0, 0.05) is 16.9 Å². The highest BCUT2D eigenvalue weighted by Crippen LogP contribution is 2.33. The zero-order valence-electron chi connectivity index (χ0n) is 15.7. The molecule has 2 heterocycles. The van der Waals surface area contributed by atoms with Crippen molar-refractivity contribution in [2.24, 2.45) is 5.92 Å². The van der Waals surface area contributed by atoms with Gasteiger partial charge in [-0.2, -0.15) is 0 Å². The number of pyridine rings is 1. The van der Waals surface area contributed by atoms with Crippen LogP contribution in [0.25, 0.3) is 10.9 Å². The molecule has 0 fully saturated rings. The number of hydrogen-bond donors (Lipinski definition) is 0. The van der Waals surface area contributed by atoms with Crippen LogP contribution in [0.5, 0.6) is 0 Å². The summed E-state index contributed by atoms with van der Waals surface area (Å²) in [6, 6.07) is 7.84. The van der Waals surface area contributed by atoms with Crippen LogP contribution in [0.2, 0.25) is 0 Å². The average Bonchev–Trinajstić information content (AvgIpc) is 3.12. The molecule has 5 nitrogen and oxygen atoms in total. The van der Waals surface area contributed by atoms with Gasteiger partial charge in [-0.3, -0.25) is 4.98 Å². The third-order valence-electron chi connectivity index (χ3n) is 3.88. The SMILES string of the molecule is COC(=O)c1c(CSc2nnc(SCC(C)C)s2)nc2ccccc2c1C. The average molecular weight is 420 g/mol. The summed E-state index contributed by atoms with van der Waals surface area (Å²) < 4.78 is 6.85. The fourth-order valence-electron chi connectivity index (χ4n) is 2.60. The Morgan fingerprint density at radius 3 is 2.59 bits per heavy atom. The molecule has 3 aromatic rings. The van der Waals surface area contributed by atoms with Crippen LogP contribution in [0, 0.1) is 12.8 Å². The maximum atomic E-state index is 12.4. The Hall–Kier alpha value is -1.64. The molecule has 0 unspecified atom stereocenters. The number of aromatic nitrogens is 3. The number of methoxy groups -OCH3 is 1. The highest BCUT2D eigenvalue weighted by atomic mass is 32.2. The van der Waals surface area contributed by atoms with Crippen LogP contribution in [0.1, 0.15) is 35.5 Å². The highest BCUT2D eigenvalue weighted by Gasteiger charge is 2.20. The van der Waals surface area contributed by atoms with Gasteiger partial charge >= 0.3 is 5.97 Å². The molecular formula is C19H21N3O2S3. The minimum Gasteiger partial charge on any atom is -0.465 e. The van der Waals surface area contributed by atoms with Crippen LogP contribution < -0.4 is 0 Å². The molecule has 3 rings (SSSR count). The first kappa shape index (κ1) is 20.1. The smallest absolute Gasteiger partial charge is 0.340 e. The Morgan fingerprint density at radius 1 is 1.19 bits per heavy atom. The number of esters is 1. The maximum absolute atomic E-state index is 12.4. The number of carbonyl (C=O) groups is 1. The van der Waals surface area contributed by atoms with Crippen molar-refractivity contribution in [1.82, 2.24) is 15.2 Å². The normalized spacial score (nSPS) is 11.3. The van der Waals surface area contributed by atoms with E-state index < -0.39 is 0 Å². The van der Waals surface area contributed by atoms with Gasteiger partial charge in [-0.25, -0.2) is 4.79 Å². The number of para-hydroxylation sites is 1. The summed E-state index contributed by atoms with van der Waals surface area (Å²) in [4.78, 5) is 17.1. The zero-order valence-corrected chi connectivity index (χ0v) is 18.1. The molecule has 0 spiro atoms. The van der Waals surface area contributed by atoms with Crippen molar-refractivity contribution in [3.05, 3.63) is 41.1 Å². The van der Waals surface area contributed by atoms with Gasteiger partial charge in [0.15, 0.2) is 8.68 Å². The van der Waals surface area contributed by atoms with Crippen molar-refractivity contribution in [3.63, 3.8) is 0 Å². The molecule has 0 N–H and O–H groups in total. The Kier molecular flexibility index (Phi) is 6.73. The van der Waals surface area contributed by atoms with E-state index in [4.69, 9.17) is 9.72 Å². The van der Waals surface area contributed by atoms with Crippen molar-refractivity contribution >= 4 is 51.7 Å². The number of ether oxygens (including phenoxy) is 1. The topological polar surface area (TPSA) is 65.0 Å². The van der Waals surface area contributed by atoms with E-state index in [1.54, 1.807) is 34.9 Å². The second-order valence-electron chi connectivity index (χ2n) is 6.39. The molecule has 0 amide bonds. The van der Waals surface area contributed by atoms with E-state index in [0.717, 1.165) is 36.6 Å². The zero-order chi connectivity index (χ0) is 19.4. The molecule has 2 aromatic heterocycles. The molecule has 0 saturated carbocycles. The number of hydrogen-bond acceptors (Lipinski definition) is 8. The van der Waals surface area contributed by atoms with Crippen LogP contribution in [0.15, 0.2) is 32.9 Å². The lowest BCUT2D eigenvalue weighted by Gasteiger charge is -2.12. The highest BCUT2D eigenvalue weighted by molar-refractivity contribution is 8.02. The number of nitrogens with zero attached hydrogens (tertiary/aromatic N) is 3. The van der Waals surface area contributed by atoms with Crippen LogP contribution in [-0.2, 0) is 10.5 Å². The summed E-state index contributed by atoms with van der Waals surface area (Å²) in [6.45, 7) is 6.31. The van der Waals surface area contributed by atoms with E-state index >= 15 is 0 Å². The lowest BCUT2D eigenvalue weighted by atomic mass is 10.0. The Labute approximate surface area is 171 Å². The van der Waals surface area contributed by atoms with E-state index in [1.165, 1.54) is 7.11 Å². The van der Waals surface area contributed by atoms with Crippen molar-refractivity contribution in [3.8, 4) is 0 Å². The quantitative estimate of drug-likeness (QED) is 0.384. The van der Waals surface area contributed by atoms with E-state index in [1.807, 2.05) is 31.2 Å². The van der Waals surface area contributed by atoms with Crippen molar-refractivity contribution in [2.75, 3.05) is 12.9 Å². The molecule has 0 aliphatic carbocycles. The van der Waals surface area contributed by atoms with Crippen LogP contribution in [0.3, 0.4) is 0 Å². The summed E-state index contributed by atoms with van der Waals surface area (Å²) in [5, 5.41) is 9.46. The molecule has 142 valence electrons. The van der Waals surface area contributed by atoms with Gasteiger partial charge in [-0.15, -0.1) is 10.2 Å². The molecule has 27 heavy (non-hydrogen) atoms. The van der Waals surface area contributed by atoms with Crippen LogP contribution in [0.4, 0.5) is 0 Å². The van der Waals surface area contributed by atoms with Gasteiger partial charge in [-0.1, -0.05) is 66.9 Å². The predicted octanol–water partition coefficient (Wildman–Crippen LogP) is 5.22. The summed E-state index contributed by atoms with van der Waals surface area (Å²) in [7, 11) is 1.40. The third-order valence-corrected chi connectivity index (χ3v) is 7.50. The molecule has 8 heteroatoms. The largest absolute Gasteiger partial charge is 0.465 e. The lowest BCUT2D eigenvalue weighted by Crippen LogP contribution is -2.10. The van der Waals surface area contributed by atoms with E-state index in [0.29, 0.717) is 17.2 Å². The predicted molar refractivity (Wildman–Crippen MR) is 113 cm³/mol.